The molecule has 0 aliphatic carbocycles. The molecular weight excluding hydrogens is 603 g/mol. The van der Waals surface area contributed by atoms with Gasteiger partial charge in [0.2, 0.25) is 0 Å². The molecule has 224 valence electrons. The van der Waals surface area contributed by atoms with Crippen molar-refractivity contribution in [1.29, 1.82) is 0 Å². The van der Waals surface area contributed by atoms with Gasteiger partial charge in [-0.05, 0) is 0 Å². The lowest BCUT2D eigenvalue weighted by molar-refractivity contribution is -0.474. The summed E-state index contributed by atoms with van der Waals surface area (Å²) in [7, 11) is 0. The highest BCUT2D eigenvalue weighted by molar-refractivity contribution is 5.88. The Kier molecular flexibility index (Phi) is 8.73. The van der Waals surface area contributed by atoms with E-state index in [2.05, 4.69) is 4.74 Å². The molecule has 0 saturated carbocycles. The average Bonchev–Trinajstić information content (AvgIpc) is 2.64. The van der Waals surface area contributed by atoms with Gasteiger partial charge in [-0.15, -0.1) is 0 Å². The van der Waals surface area contributed by atoms with E-state index in [0.29, 0.717) is 0 Å². The second kappa shape index (κ2) is 9.43. The minimum Gasteiger partial charge on any atom is -0.481 e. The van der Waals surface area contributed by atoms with Gasteiger partial charge >= 0.3 is 65.7 Å². The first-order chi connectivity index (χ1) is 16.2. The number of carboxylic acid groups (broad SMARTS) is 2. The summed E-state index contributed by atoms with van der Waals surface area (Å²) >= 11 is 0. The van der Waals surface area contributed by atoms with Crippen LogP contribution in [-0.4, -0.2) is 86.6 Å². The first kappa shape index (κ1) is 35.2. The smallest absolute Gasteiger partial charge is 0.473 e. The van der Waals surface area contributed by atoms with Crippen LogP contribution in [0.4, 0.5) is 74.6 Å². The van der Waals surface area contributed by atoms with Crippen LogP contribution in [0.25, 0.3) is 0 Å². The molecule has 24 heteroatoms. The Labute approximate surface area is 194 Å². The van der Waals surface area contributed by atoms with Crippen LogP contribution < -0.4 is 0 Å². The fourth-order valence-electron chi connectivity index (χ4n) is 2.10. The number of carbonyl (C=O) groups is 3. The van der Waals surface area contributed by atoms with Crippen LogP contribution in [0.3, 0.4) is 0 Å². The maximum Gasteiger partial charge on any atom is 0.473 e. The Morgan fingerprint density at radius 1 is 0.526 bits per heavy atom. The van der Waals surface area contributed by atoms with E-state index in [1.165, 1.54) is 0 Å². The number of carbonyl (C=O) groups excluding carboxylic acids is 1. The molecule has 0 aromatic rings. The van der Waals surface area contributed by atoms with Crippen LogP contribution in [-0.2, 0) is 19.1 Å². The van der Waals surface area contributed by atoms with Crippen LogP contribution in [0.5, 0.6) is 0 Å². The molecule has 0 aliphatic heterocycles. The van der Waals surface area contributed by atoms with Crippen LogP contribution in [0, 0.1) is 0 Å². The summed E-state index contributed by atoms with van der Waals surface area (Å²) in [5, 5.41) is 26.2. The molecule has 3 N–H and O–H groups in total. The fourth-order valence-corrected chi connectivity index (χ4v) is 2.10. The maximum atomic E-state index is 13.6. The molecule has 0 bridgehead atoms. The number of ether oxygens (including phenoxy) is 1. The van der Waals surface area contributed by atoms with Crippen molar-refractivity contribution in [3.8, 4) is 0 Å². The largest absolute Gasteiger partial charge is 0.481 e. The zero-order valence-corrected chi connectivity index (χ0v) is 16.8. The molecule has 0 aromatic heterocycles. The van der Waals surface area contributed by atoms with Gasteiger partial charge in [0.15, 0.2) is 5.60 Å². The van der Waals surface area contributed by atoms with Gasteiger partial charge in [0.05, 0.1) is 12.8 Å². The maximum absolute atomic E-state index is 13.6. The van der Waals surface area contributed by atoms with Crippen molar-refractivity contribution in [2.45, 2.75) is 66.3 Å². The van der Waals surface area contributed by atoms with Crippen molar-refractivity contribution in [3.63, 3.8) is 0 Å². The third kappa shape index (κ3) is 5.21. The highest BCUT2D eigenvalue weighted by atomic mass is 19.4. The number of hydrogen-bond acceptors (Lipinski definition) is 5. The van der Waals surface area contributed by atoms with Crippen LogP contribution in [0.1, 0.15) is 12.8 Å². The molecular formula is C14H7F17O7. The summed E-state index contributed by atoms with van der Waals surface area (Å²) in [5.74, 6) is -60.7. The molecule has 0 radical (unpaired) electrons. The van der Waals surface area contributed by atoms with E-state index in [1.54, 1.807) is 0 Å². The summed E-state index contributed by atoms with van der Waals surface area (Å²) in [6.07, 6.45) is -20.4. The van der Waals surface area contributed by atoms with Crippen molar-refractivity contribution in [2.75, 3.05) is 0 Å². The summed E-state index contributed by atoms with van der Waals surface area (Å²) < 4.78 is 224. The highest BCUT2D eigenvalue weighted by Crippen LogP contribution is 2.64. The van der Waals surface area contributed by atoms with Crippen molar-refractivity contribution in [3.05, 3.63) is 0 Å². The summed E-state index contributed by atoms with van der Waals surface area (Å²) in [6, 6.07) is 0. The number of aliphatic carboxylic acids is 2. The Morgan fingerprint density at radius 2 is 0.842 bits per heavy atom. The first-order valence-corrected chi connectivity index (χ1v) is 8.32. The fraction of sp³-hybridized carbons (Fsp3) is 0.786. The predicted molar refractivity (Wildman–Crippen MR) is 76.2 cm³/mol. The topological polar surface area (TPSA) is 121 Å². The minimum atomic E-state index is -8.94. The van der Waals surface area contributed by atoms with Crippen molar-refractivity contribution in [1.82, 2.24) is 0 Å². The second-order valence-corrected chi connectivity index (χ2v) is 7.02. The lowest BCUT2D eigenvalue weighted by atomic mass is 9.90. The highest BCUT2D eigenvalue weighted by Gasteiger charge is 2.96. The number of alkyl halides is 17. The molecule has 0 fully saturated rings. The molecule has 38 heavy (non-hydrogen) atoms. The summed E-state index contributed by atoms with van der Waals surface area (Å²) in [6.45, 7) is 0. The van der Waals surface area contributed by atoms with E-state index in [4.69, 9.17) is 10.2 Å². The Bertz CT molecular complexity index is 942. The average molecular weight is 610 g/mol. The lowest BCUT2D eigenvalue weighted by Crippen LogP contribution is -2.74. The molecule has 0 amide bonds. The van der Waals surface area contributed by atoms with Crippen LogP contribution in [0.2, 0.25) is 0 Å². The Hall–Kier alpha value is -2.82. The zero-order valence-electron chi connectivity index (χ0n) is 16.8. The quantitative estimate of drug-likeness (QED) is 0.224. The van der Waals surface area contributed by atoms with Gasteiger partial charge in [-0.1, -0.05) is 0 Å². The van der Waals surface area contributed by atoms with Crippen molar-refractivity contribution in [2.24, 2.45) is 0 Å². The van der Waals surface area contributed by atoms with Gasteiger partial charge in [-0.25, -0.2) is 4.79 Å². The van der Waals surface area contributed by atoms with Gasteiger partial charge in [0.25, 0.3) is 0 Å². The Morgan fingerprint density at radius 3 is 1.13 bits per heavy atom. The van der Waals surface area contributed by atoms with Crippen LogP contribution in [0.15, 0.2) is 0 Å². The molecule has 0 aromatic carbocycles. The first-order valence-electron chi connectivity index (χ1n) is 8.32. The SMILES string of the molecule is O=C(O)CC(O)(CC(=O)OC(F)(F)C(F)(F)C(F)(F)C(F)(F)C(F)(F)C(F)(F)C(F)(F)C(F)(F)F)C(=O)O. The Balaban J connectivity index is 6.57. The summed E-state index contributed by atoms with van der Waals surface area (Å²) in [5.41, 5.74) is -4.07. The molecule has 1 unspecified atom stereocenters. The minimum absolute atomic E-state index is 2.15. The number of rotatable bonds is 12. The van der Waals surface area contributed by atoms with E-state index >= 15 is 0 Å². The summed E-state index contributed by atoms with van der Waals surface area (Å²) in [4.78, 5) is 32.3. The third-order valence-corrected chi connectivity index (χ3v) is 4.21. The lowest BCUT2D eigenvalue weighted by Gasteiger charge is -2.42. The number of aliphatic hydroxyl groups is 1. The van der Waals surface area contributed by atoms with E-state index in [0.717, 1.165) is 0 Å². The second-order valence-electron chi connectivity index (χ2n) is 7.02. The molecule has 0 aliphatic rings. The van der Waals surface area contributed by atoms with Gasteiger partial charge in [-0.3, -0.25) is 9.59 Å². The zero-order chi connectivity index (χ0) is 31.4. The third-order valence-electron chi connectivity index (χ3n) is 4.21. The van der Waals surface area contributed by atoms with Crippen molar-refractivity contribution < 1.29 is 109 Å². The number of carboxylic acids is 2. The molecule has 0 saturated heterocycles. The van der Waals surface area contributed by atoms with E-state index in [1.807, 2.05) is 0 Å². The number of hydrogen-bond donors (Lipinski definition) is 3. The molecule has 7 nitrogen and oxygen atoms in total. The number of esters is 1. The number of halogens is 17. The molecule has 0 spiro atoms. The normalized spacial score (nSPS) is 16.6. The van der Waals surface area contributed by atoms with E-state index < -0.39 is 84.2 Å². The predicted octanol–water partition coefficient (Wildman–Crippen LogP) is 4.18. The van der Waals surface area contributed by atoms with Gasteiger partial charge in [0, 0.05) is 0 Å². The van der Waals surface area contributed by atoms with Crippen LogP contribution >= 0.6 is 0 Å². The van der Waals surface area contributed by atoms with Gasteiger partial charge in [0.1, 0.15) is 0 Å². The van der Waals surface area contributed by atoms with Crippen molar-refractivity contribution >= 4 is 17.9 Å². The van der Waals surface area contributed by atoms with E-state index in [-0.39, 0.29) is 0 Å². The van der Waals surface area contributed by atoms with Gasteiger partial charge in [-0.2, -0.15) is 74.6 Å². The standard InChI is InChI=1S/C14H7F17O7/c15-7(16,9(19,20)11(23,24)13(27,28)29)8(17,18)10(21,22)12(25,26)14(30,31)38-4(34)2-6(37,5(35)36)1-3(32)33/h37H,1-2H2,(H,32,33)(H,35,36). The molecule has 0 heterocycles. The monoisotopic (exact) mass is 610 g/mol. The van der Waals surface area contributed by atoms with Gasteiger partial charge < -0.3 is 20.1 Å². The molecule has 1 atom stereocenters. The molecule has 0 rings (SSSR count). The van der Waals surface area contributed by atoms with E-state index in [9.17, 15) is 94.1 Å².